The molecule has 2 rings (SSSR count). The van der Waals surface area contributed by atoms with E-state index in [0.717, 1.165) is 67.9 Å². The Labute approximate surface area is 156 Å². The average molecular weight is 368 g/mol. The first kappa shape index (κ1) is 19.9. The van der Waals surface area contributed by atoms with Crippen molar-refractivity contribution in [2.24, 2.45) is 4.99 Å². The summed E-state index contributed by atoms with van der Waals surface area (Å²) in [5.74, 6) is 1.73. The zero-order chi connectivity index (χ0) is 18.1. The first-order valence-corrected chi connectivity index (χ1v) is 9.47. The van der Waals surface area contributed by atoms with Crippen LogP contribution < -0.4 is 15.4 Å². The molecule has 1 fully saturated rings. The highest BCUT2D eigenvalue weighted by Crippen LogP contribution is 2.41. The second-order valence-corrected chi connectivity index (χ2v) is 6.80. The van der Waals surface area contributed by atoms with Crippen LogP contribution in [0.5, 0.6) is 5.75 Å². The van der Waals surface area contributed by atoms with Crippen molar-refractivity contribution in [2.75, 3.05) is 40.0 Å². The average Bonchev–Trinajstić information content (AvgIpc) is 2.64. The van der Waals surface area contributed by atoms with Crippen LogP contribution in [-0.2, 0) is 10.2 Å². The summed E-state index contributed by atoms with van der Waals surface area (Å²) in [5.41, 5.74) is 1.00. The molecule has 0 unspecified atom stereocenters. The quantitative estimate of drug-likeness (QED) is 0.573. The zero-order valence-electron chi connectivity index (χ0n) is 15.5. The van der Waals surface area contributed by atoms with Crippen LogP contribution in [0.25, 0.3) is 0 Å². The summed E-state index contributed by atoms with van der Waals surface area (Å²) in [7, 11) is 1.70. The predicted octanol–water partition coefficient (Wildman–Crippen LogP) is 3.36. The normalized spacial score (nSPS) is 17.2. The van der Waals surface area contributed by atoms with Crippen molar-refractivity contribution in [1.29, 1.82) is 0 Å². The molecule has 140 valence electrons. The summed E-state index contributed by atoms with van der Waals surface area (Å²) in [6.07, 6.45) is 2.87. The van der Waals surface area contributed by atoms with E-state index in [2.05, 4.69) is 24.5 Å². The number of guanidine groups is 1. The van der Waals surface area contributed by atoms with Crippen LogP contribution in [0.3, 0.4) is 0 Å². The number of hydrogen-bond donors (Lipinski definition) is 2. The van der Waals surface area contributed by atoms with Crippen molar-refractivity contribution in [3.8, 4) is 5.75 Å². The van der Waals surface area contributed by atoms with Crippen LogP contribution >= 0.6 is 11.6 Å². The minimum atomic E-state index is -0.122. The molecule has 1 aromatic carbocycles. The molecule has 0 atom stereocenters. The number of hydrogen-bond acceptors (Lipinski definition) is 3. The molecule has 5 nitrogen and oxygen atoms in total. The van der Waals surface area contributed by atoms with E-state index < -0.39 is 0 Å². The zero-order valence-corrected chi connectivity index (χ0v) is 16.3. The monoisotopic (exact) mass is 367 g/mol. The third-order valence-electron chi connectivity index (χ3n) is 4.61. The molecule has 0 aromatic heterocycles. The van der Waals surface area contributed by atoms with Gasteiger partial charge in [-0.3, -0.25) is 4.99 Å². The van der Waals surface area contributed by atoms with Gasteiger partial charge in [0.15, 0.2) is 5.96 Å². The van der Waals surface area contributed by atoms with Crippen molar-refractivity contribution in [2.45, 2.75) is 38.5 Å². The molecule has 25 heavy (non-hydrogen) atoms. The summed E-state index contributed by atoms with van der Waals surface area (Å²) in [6.45, 7) is 8.09. The minimum absolute atomic E-state index is 0.122. The molecule has 1 aliphatic rings. The Morgan fingerprint density at radius 1 is 1.28 bits per heavy atom. The van der Waals surface area contributed by atoms with Gasteiger partial charge < -0.3 is 20.1 Å². The number of methoxy groups -OCH3 is 1. The van der Waals surface area contributed by atoms with Gasteiger partial charge in [0, 0.05) is 42.3 Å². The van der Waals surface area contributed by atoms with Crippen molar-refractivity contribution < 1.29 is 9.47 Å². The van der Waals surface area contributed by atoms with Crippen molar-refractivity contribution in [1.82, 2.24) is 10.6 Å². The van der Waals surface area contributed by atoms with E-state index in [-0.39, 0.29) is 5.41 Å². The van der Waals surface area contributed by atoms with Crippen LogP contribution in [0.15, 0.2) is 23.2 Å². The van der Waals surface area contributed by atoms with E-state index >= 15 is 0 Å². The van der Waals surface area contributed by atoms with Gasteiger partial charge in [0.2, 0.25) is 0 Å². The van der Waals surface area contributed by atoms with Crippen LogP contribution in [0, 0.1) is 0 Å². The highest BCUT2D eigenvalue weighted by atomic mass is 35.5. The lowest BCUT2D eigenvalue weighted by atomic mass is 9.73. The minimum Gasteiger partial charge on any atom is -0.496 e. The number of benzene rings is 1. The SMILES string of the molecule is CCCNC(=NCC1(c2cc(Cl)ccc2OC)CCOCC1)NCC. The van der Waals surface area contributed by atoms with Gasteiger partial charge in [0.05, 0.1) is 13.7 Å². The molecule has 0 radical (unpaired) electrons. The first-order chi connectivity index (χ1) is 12.1. The smallest absolute Gasteiger partial charge is 0.191 e. The molecule has 0 amide bonds. The van der Waals surface area contributed by atoms with Gasteiger partial charge in [-0.2, -0.15) is 0 Å². The summed E-state index contributed by atoms with van der Waals surface area (Å²) < 4.78 is 11.2. The summed E-state index contributed by atoms with van der Waals surface area (Å²) in [5, 5.41) is 7.41. The highest BCUT2D eigenvalue weighted by Gasteiger charge is 2.37. The molecule has 1 aromatic rings. The summed E-state index contributed by atoms with van der Waals surface area (Å²) in [4.78, 5) is 4.87. The fourth-order valence-corrected chi connectivity index (χ4v) is 3.36. The number of nitrogens with zero attached hydrogens (tertiary/aromatic N) is 1. The maximum absolute atomic E-state index is 6.29. The van der Waals surface area contributed by atoms with E-state index in [1.807, 2.05) is 18.2 Å². The number of nitrogens with one attached hydrogen (secondary N) is 2. The van der Waals surface area contributed by atoms with Crippen LogP contribution in [0.1, 0.15) is 38.7 Å². The second-order valence-electron chi connectivity index (χ2n) is 6.36. The molecule has 6 heteroatoms. The standard InChI is InChI=1S/C19H30ClN3O2/c1-4-10-22-18(21-5-2)23-14-19(8-11-25-12-9-19)16-13-15(20)6-7-17(16)24-3/h6-7,13H,4-5,8-12,14H2,1-3H3,(H2,21,22,23). The van der Waals surface area contributed by atoms with Gasteiger partial charge in [-0.25, -0.2) is 0 Å². The third-order valence-corrected chi connectivity index (χ3v) is 4.84. The number of aliphatic imine (C=N–C) groups is 1. The molecule has 0 aliphatic carbocycles. The van der Waals surface area contributed by atoms with Crippen molar-refractivity contribution >= 4 is 17.6 Å². The van der Waals surface area contributed by atoms with E-state index in [4.69, 9.17) is 26.1 Å². The maximum Gasteiger partial charge on any atom is 0.191 e. The Kier molecular flexibility index (Phi) is 7.85. The molecule has 0 spiro atoms. The molecular formula is C19H30ClN3O2. The van der Waals surface area contributed by atoms with E-state index in [9.17, 15) is 0 Å². The fourth-order valence-electron chi connectivity index (χ4n) is 3.18. The Balaban J connectivity index is 2.33. The van der Waals surface area contributed by atoms with Gasteiger partial charge in [-0.15, -0.1) is 0 Å². The van der Waals surface area contributed by atoms with Crippen molar-refractivity contribution in [3.63, 3.8) is 0 Å². The largest absolute Gasteiger partial charge is 0.496 e. The van der Waals surface area contributed by atoms with Crippen molar-refractivity contribution in [3.05, 3.63) is 28.8 Å². The molecule has 0 saturated carbocycles. The van der Waals surface area contributed by atoms with E-state index in [0.29, 0.717) is 6.54 Å². The molecule has 1 aliphatic heterocycles. The topological polar surface area (TPSA) is 54.9 Å². The van der Waals surface area contributed by atoms with Crippen LogP contribution in [0.4, 0.5) is 0 Å². The number of rotatable bonds is 7. The predicted molar refractivity (Wildman–Crippen MR) is 104 cm³/mol. The first-order valence-electron chi connectivity index (χ1n) is 9.09. The van der Waals surface area contributed by atoms with Crippen LogP contribution in [0.2, 0.25) is 5.02 Å². The maximum atomic E-state index is 6.29. The van der Waals surface area contributed by atoms with Gasteiger partial charge in [-0.1, -0.05) is 18.5 Å². The molecule has 1 heterocycles. The Hall–Kier alpha value is -1.46. The number of ether oxygens (including phenoxy) is 2. The van der Waals surface area contributed by atoms with Crippen LogP contribution in [-0.4, -0.2) is 45.9 Å². The third kappa shape index (κ3) is 5.25. The Bertz CT molecular complexity index is 572. The lowest BCUT2D eigenvalue weighted by molar-refractivity contribution is 0.0523. The van der Waals surface area contributed by atoms with Gasteiger partial charge in [0.25, 0.3) is 0 Å². The van der Waals surface area contributed by atoms with Gasteiger partial charge in [-0.05, 0) is 44.4 Å². The highest BCUT2D eigenvalue weighted by molar-refractivity contribution is 6.30. The molecule has 0 bridgehead atoms. The summed E-state index contributed by atoms with van der Waals surface area (Å²) >= 11 is 6.29. The molecule has 2 N–H and O–H groups in total. The molecular weight excluding hydrogens is 338 g/mol. The lowest BCUT2D eigenvalue weighted by Crippen LogP contribution is -2.41. The summed E-state index contributed by atoms with van der Waals surface area (Å²) in [6, 6.07) is 5.83. The lowest BCUT2D eigenvalue weighted by Gasteiger charge is -2.37. The number of halogens is 1. The van der Waals surface area contributed by atoms with E-state index in [1.54, 1.807) is 7.11 Å². The second kappa shape index (κ2) is 9.88. The van der Waals surface area contributed by atoms with Gasteiger partial charge >= 0.3 is 0 Å². The molecule has 1 saturated heterocycles. The fraction of sp³-hybridized carbons (Fsp3) is 0.632. The van der Waals surface area contributed by atoms with Gasteiger partial charge in [0.1, 0.15) is 5.75 Å². The Morgan fingerprint density at radius 2 is 2.04 bits per heavy atom. The Morgan fingerprint density at radius 3 is 2.68 bits per heavy atom. The van der Waals surface area contributed by atoms with E-state index in [1.165, 1.54) is 0 Å².